The van der Waals surface area contributed by atoms with Crippen LogP contribution in [-0.4, -0.2) is 30.4 Å². The Bertz CT molecular complexity index is 1340. The number of carbonyl (C=O) groups excluding carboxylic acids is 4. The fourth-order valence-corrected chi connectivity index (χ4v) is 3.87. The number of rotatable bonds is 6. The molecule has 35 heavy (non-hydrogen) atoms. The summed E-state index contributed by atoms with van der Waals surface area (Å²) >= 11 is 9.21. The third-order valence-electron chi connectivity index (χ3n) is 4.87. The highest BCUT2D eigenvalue weighted by Gasteiger charge is 2.36. The number of para-hydroxylation sites is 1. The number of ether oxygens (including phenoxy) is 1. The molecular weight excluding hydrogens is 538 g/mol. The second-order valence-corrected chi connectivity index (χ2v) is 8.62. The van der Waals surface area contributed by atoms with E-state index in [1.54, 1.807) is 72.8 Å². The van der Waals surface area contributed by atoms with Crippen molar-refractivity contribution in [2.45, 2.75) is 0 Å². The molecule has 2 N–H and O–H groups in total. The molecule has 3 aromatic carbocycles. The summed E-state index contributed by atoms with van der Waals surface area (Å²) in [6.45, 7) is -0.239. The fourth-order valence-electron chi connectivity index (χ4n) is 3.23. The summed E-state index contributed by atoms with van der Waals surface area (Å²) in [5.74, 6) is -1.50. The largest absolute Gasteiger partial charge is 0.483 e. The predicted octanol–water partition coefficient (Wildman–Crippen LogP) is 4.79. The Morgan fingerprint density at radius 2 is 1.74 bits per heavy atom. The topological polar surface area (TPSA) is 105 Å². The first-order valence-corrected chi connectivity index (χ1v) is 11.4. The molecule has 0 radical (unpaired) electrons. The summed E-state index contributed by atoms with van der Waals surface area (Å²) in [6.07, 6.45) is 1.38. The van der Waals surface area contributed by atoms with E-state index in [1.165, 1.54) is 6.08 Å². The van der Waals surface area contributed by atoms with Crippen molar-refractivity contribution >= 4 is 68.7 Å². The number of nitrogens with zero attached hydrogens (tertiary/aromatic N) is 1. The van der Waals surface area contributed by atoms with Gasteiger partial charge in [0.15, 0.2) is 6.61 Å². The van der Waals surface area contributed by atoms with Gasteiger partial charge < -0.3 is 10.1 Å². The van der Waals surface area contributed by atoms with Gasteiger partial charge in [-0.25, -0.2) is 9.69 Å². The van der Waals surface area contributed by atoms with Crippen molar-refractivity contribution in [1.29, 1.82) is 0 Å². The highest BCUT2D eigenvalue weighted by molar-refractivity contribution is 9.10. The zero-order chi connectivity index (χ0) is 24.9. The van der Waals surface area contributed by atoms with Gasteiger partial charge in [0.2, 0.25) is 0 Å². The molecule has 0 atom stereocenters. The molecule has 0 saturated carbocycles. The average Bonchev–Trinajstić information content (AvgIpc) is 2.83. The van der Waals surface area contributed by atoms with Crippen LogP contribution < -0.4 is 20.3 Å². The van der Waals surface area contributed by atoms with E-state index in [0.29, 0.717) is 32.2 Å². The number of anilines is 2. The first kappa shape index (κ1) is 24.2. The lowest BCUT2D eigenvalue weighted by Gasteiger charge is -2.26. The number of halogens is 2. The summed E-state index contributed by atoms with van der Waals surface area (Å²) in [5.41, 5.74) is 1.24. The lowest BCUT2D eigenvalue weighted by Crippen LogP contribution is -2.54. The SMILES string of the molecule is O=C(COc1ccc(/C=C2\C(=O)NC(=O)N(c3ccccc3)C2=O)cc1Br)Nc1ccc(Cl)cc1. The summed E-state index contributed by atoms with van der Waals surface area (Å²) in [5, 5.41) is 5.44. The van der Waals surface area contributed by atoms with Crippen molar-refractivity contribution in [2.75, 3.05) is 16.8 Å². The number of amides is 5. The van der Waals surface area contributed by atoms with Crippen molar-refractivity contribution in [2.24, 2.45) is 0 Å². The van der Waals surface area contributed by atoms with E-state index >= 15 is 0 Å². The van der Waals surface area contributed by atoms with E-state index in [9.17, 15) is 19.2 Å². The smallest absolute Gasteiger partial charge is 0.335 e. The minimum atomic E-state index is -0.815. The number of nitrogens with one attached hydrogen (secondary N) is 2. The highest BCUT2D eigenvalue weighted by atomic mass is 79.9. The third-order valence-corrected chi connectivity index (χ3v) is 5.74. The molecule has 8 nitrogen and oxygen atoms in total. The van der Waals surface area contributed by atoms with E-state index < -0.39 is 17.8 Å². The second-order valence-electron chi connectivity index (χ2n) is 7.33. The molecule has 0 bridgehead atoms. The monoisotopic (exact) mass is 553 g/mol. The quantitative estimate of drug-likeness (QED) is 0.337. The zero-order valence-electron chi connectivity index (χ0n) is 18.0. The van der Waals surface area contributed by atoms with Gasteiger partial charge in [0.05, 0.1) is 10.2 Å². The van der Waals surface area contributed by atoms with Gasteiger partial charge in [-0.1, -0.05) is 35.9 Å². The predicted molar refractivity (Wildman–Crippen MR) is 135 cm³/mol. The molecule has 3 aromatic rings. The fraction of sp³-hybridized carbons (Fsp3) is 0.0400. The van der Waals surface area contributed by atoms with Crippen molar-refractivity contribution in [3.8, 4) is 5.75 Å². The Balaban J connectivity index is 1.46. The third kappa shape index (κ3) is 5.76. The Hall–Kier alpha value is -3.95. The summed E-state index contributed by atoms with van der Waals surface area (Å²) in [7, 11) is 0. The number of imide groups is 2. The molecule has 176 valence electrons. The number of hydrogen-bond acceptors (Lipinski definition) is 5. The lowest BCUT2D eigenvalue weighted by atomic mass is 10.1. The molecule has 0 aliphatic carbocycles. The normalized spacial score (nSPS) is 14.6. The molecule has 1 fully saturated rings. The van der Waals surface area contributed by atoms with Gasteiger partial charge in [0.25, 0.3) is 17.7 Å². The molecule has 10 heteroatoms. The van der Waals surface area contributed by atoms with E-state index in [1.807, 2.05) is 0 Å². The zero-order valence-corrected chi connectivity index (χ0v) is 20.3. The number of urea groups is 1. The van der Waals surface area contributed by atoms with E-state index in [4.69, 9.17) is 16.3 Å². The second kappa shape index (κ2) is 10.5. The molecule has 1 heterocycles. The molecule has 1 aliphatic rings. The first-order chi connectivity index (χ1) is 16.8. The van der Waals surface area contributed by atoms with Crippen molar-refractivity contribution in [3.05, 3.63) is 93.4 Å². The van der Waals surface area contributed by atoms with E-state index in [-0.39, 0.29) is 18.1 Å². The molecule has 4 rings (SSSR count). The lowest BCUT2D eigenvalue weighted by molar-refractivity contribution is -0.122. The van der Waals surface area contributed by atoms with Crippen LogP contribution in [0.25, 0.3) is 6.08 Å². The van der Waals surface area contributed by atoms with Crippen LogP contribution in [0.3, 0.4) is 0 Å². The van der Waals surface area contributed by atoms with Crippen LogP contribution in [0.15, 0.2) is 82.8 Å². The van der Waals surface area contributed by atoms with Crippen LogP contribution in [0.1, 0.15) is 5.56 Å². The average molecular weight is 555 g/mol. The Morgan fingerprint density at radius 3 is 2.43 bits per heavy atom. The first-order valence-electron chi connectivity index (χ1n) is 10.3. The Labute approximate surface area is 213 Å². The Morgan fingerprint density at radius 1 is 1.03 bits per heavy atom. The van der Waals surface area contributed by atoms with Gasteiger partial charge >= 0.3 is 6.03 Å². The van der Waals surface area contributed by atoms with Crippen molar-refractivity contribution in [1.82, 2.24) is 5.32 Å². The number of barbiturate groups is 1. The summed E-state index contributed by atoms with van der Waals surface area (Å²) in [4.78, 5) is 50.6. The van der Waals surface area contributed by atoms with Crippen LogP contribution in [0.4, 0.5) is 16.2 Å². The van der Waals surface area contributed by atoms with Crippen molar-refractivity contribution in [3.63, 3.8) is 0 Å². The number of carbonyl (C=O) groups is 4. The van der Waals surface area contributed by atoms with Crippen LogP contribution in [0.2, 0.25) is 5.02 Å². The maximum atomic E-state index is 12.9. The van der Waals surface area contributed by atoms with Crippen LogP contribution in [0.5, 0.6) is 5.75 Å². The van der Waals surface area contributed by atoms with Crippen LogP contribution in [-0.2, 0) is 14.4 Å². The highest BCUT2D eigenvalue weighted by Crippen LogP contribution is 2.28. The Kier molecular flexibility index (Phi) is 7.28. The molecule has 1 saturated heterocycles. The maximum Gasteiger partial charge on any atom is 0.335 e. The standard InChI is InChI=1S/C25H17BrClN3O5/c26-20-13-15(6-11-21(20)35-14-22(31)28-17-9-7-16(27)8-10-17)12-19-23(32)29-25(34)30(24(19)33)18-4-2-1-3-5-18/h1-13H,14H2,(H,28,31)(H,29,32,34)/b19-12+. The molecule has 0 aromatic heterocycles. The molecular formula is C25H17BrClN3O5. The van der Waals surface area contributed by atoms with Gasteiger partial charge in [0.1, 0.15) is 11.3 Å². The van der Waals surface area contributed by atoms with Gasteiger partial charge in [-0.3, -0.25) is 19.7 Å². The van der Waals surface area contributed by atoms with Crippen molar-refractivity contribution < 1.29 is 23.9 Å². The number of benzene rings is 3. The van der Waals surface area contributed by atoms with Gasteiger partial charge in [-0.15, -0.1) is 0 Å². The van der Waals surface area contributed by atoms with Gasteiger partial charge in [-0.05, 0) is 76.1 Å². The number of hydrogen-bond donors (Lipinski definition) is 2. The minimum absolute atomic E-state index is 0.198. The summed E-state index contributed by atoms with van der Waals surface area (Å²) < 4.78 is 6.07. The van der Waals surface area contributed by atoms with E-state index in [0.717, 1.165) is 4.90 Å². The van der Waals surface area contributed by atoms with E-state index in [2.05, 4.69) is 26.6 Å². The van der Waals surface area contributed by atoms with Gasteiger partial charge in [-0.2, -0.15) is 0 Å². The summed E-state index contributed by atoms with van der Waals surface area (Å²) in [6, 6.07) is 19.0. The van der Waals surface area contributed by atoms with Crippen LogP contribution in [0, 0.1) is 0 Å². The molecule has 1 aliphatic heterocycles. The van der Waals surface area contributed by atoms with Crippen LogP contribution >= 0.6 is 27.5 Å². The maximum absolute atomic E-state index is 12.9. The molecule has 5 amide bonds. The molecule has 0 unspecified atom stereocenters. The minimum Gasteiger partial charge on any atom is -0.483 e. The van der Waals surface area contributed by atoms with Gasteiger partial charge in [0, 0.05) is 10.7 Å². The molecule has 0 spiro atoms.